The highest BCUT2D eigenvalue weighted by molar-refractivity contribution is 5.93. The first-order valence-electron chi connectivity index (χ1n) is 8.35. The van der Waals surface area contributed by atoms with Gasteiger partial charge in [0.1, 0.15) is 5.69 Å². The average Bonchev–Trinajstić information content (AvgIpc) is 3.20. The van der Waals surface area contributed by atoms with Crippen molar-refractivity contribution in [3.05, 3.63) is 24.0 Å². The first-order chi connectivity index (χ1) is 10.2. The van der Waals surface area contributed by atoms with Gasteiger partial charge in [-0.2, -0.15) is 0 Å². The third-order valence-corrected chi connectivity index (χ3v) is 4.72. The van der Waals surface area contributed by atoms with E-state index in [1.165, 1.54) is 25.7 Å². The van der Waals surface area contributed by atoms with Crippen LogP contribution in [0.2, 0.25) is 0 Å². The molecular formula is C17H27N3O. The minimum Gasteiger partial charge on any atom is -0.341 e. The van der Waals surface area contributed by atoms with Gasteiger partial charge in [0.15, 0.2) is 0 Å². The summed E-state index contributed by atoms with van der Waals surface area (Å²) in [6.45, 7) is 7.39. The van der Waals surface area contributed by atoms with Crippen LogP contribution in [0.1, 0.15) is 56.1 Å². The van der Waals surface area contributed by atoms with Crippen molar-refractivity contribution in [1.82, 2.24) is 14.8 Å². The van der Waals surface area contributed by atoms with Crippen molar-refractivity contribution in [3.8, 4) is 0 Å². The second-order valence-electron chi connectivity index (χ2n) is 6.78. The standard InChI is InChI=1S/C17H27N3O/c1-13(2)19-11-3-4-16(19)17(21)20(15-5-6-15)12-14-7-9-18-10-8-14/h3-4,11,13-15,18H,5-10,12H2,1-2H3. The summed E-state index contributed by atoms with van der Waals surface area (Å²) in [6, 6.07) is 4.78. The number of carbonyl (C=O) groups excluding carboxylic acids is 1. The molecule has 1 amide bonds. The Bertz CT molecular complexity index is 484. The van der Waals surface area contributed by atoms with Crippen LogP contribution in [0.4, 0.5) is 0 Å². The molecule has 1 aliphatic carbocycles. The number of piperidine rings is 1. The van der Waals surface area contributed by atoms with E-state index < -0.39 is 0 Å². The highest BCUT2D eigenvalue weighted by Crippen LogP contribution is 2.30. The van der Waals surface area contributed by atoms with E-state index in [1.807, 2.05) is 18.3 Å². The van der Waals surface area contributed by atoms with Crippen molar-refractivity contribution in [2.75, 3.05) is 19.6 Å². The first-order valence-corrected chi connectivity index (χ1v) is 8.35. The van der Waals surface area contributed by atoms with E-state index in [4.69, 9.17) is 0 Å². The monoisotopic (exact) mass is 289 g/mol. The van der Waals surface area contributed by atoms with Gasteiger partial charge in [0.05, 0.1) is 0 Å². The molecule has 4 heteroatoms. The fourth-order valence-electron chi connectivity index (χ4n) is 3.30. The maximum atomic E-state index is 13.0. The smallest absolute Gasteiger partial charge is 0.270 e. The zero-order valence-electron chi connectivity index (χ0n) is 13.2. The van der Waals surface area contributed by atoms with Crippen molar-refractivity contribution in [3.63, 3.8) is 0 Å². The van der Waals surface area contributed by atoms with Gasteiger partial charge >= 0.3 is 0 Å². The third kappa shape index (κ3) is 3.31. The van der Waals surface area contributed by atoms with Crippen molar-refractivity contribution < 1.29 is 4.79 Å². The molecule has 21 heavy (non-hydrogen) atoms. The van der Waals surface area contributed by atoms with E-state index in [-0.39, 0.29) is 5.91 Å². The van der Waals surface area contributed by atoms with Gasteiger partial charge in [0.25, 0.3) is 5.91 Å². The average molecular weight is 289 g/mol. The van der Waals surface area contributed by atoms with E-state index in [1.54, 1.807) is 0 Å². The van der Waals surface area contributed by atoms with Crippen LogP contribution in [0.3, 0.4) is 0 Å². The maximum absolute atomic E-state index is 13.0. The summed E-state index contributed by atoms with van der Waals surface area (Å²) in [5.74, 6) is 0.896. The Morgan fingerprint density at radius 2 is 2.05 bits per heavy atom. The van der Waals surface area contributed by atoms with E-state index in [2.05, 4.69) is 28.6 Å². The molecule has 2 fully saturated rings. The van der Waals surface area contributed by atoms with E-state index >= 15 is 0 Å². The number of hydrogen-bond acceptors (Lipinski definition) is 2. The van der Waals surface area contributed by atoms with E-state index in [0.717, 1.165) is 25.3 Å². The molecule has 0 bridgehead atoms. The highest BCUT2D eigenvalue weighted by atomic mass is 16.2. The number of nitrogens with one attached hydrogen (secondary N) is 1. The van der Waals surface area contributed by atoms with Gasteiger partial charge in [-0.1, -0.05) is 0 Å². The number of amides is 1. The van der Waals surface area contributed by atoms with Gasteiger partial charge in [-0.15, -0.1) is 0 Å². The first kappa shape index (κ1) is 14.6. The molecule has 1 N–H and O–H groups in total. The number of aromatic nitrogens is 1. The Hall–Kier alpha value is -1.29. The van der Waals surface area contributed by atoms with Crippen molar-refractivity contribution in [2.45, 2.75) is 51.6 Å². The second-order valence-corrected chi connectivity index (χ2v) is 6.78. The lowest BCUT2D eigenvalue weighted by molar-refractivity contribution is 0.0689. The Morgan fingerprint density at radius 1 is 1.33 bits per heavy atom. The molecule has 4 nitrogen and oxygen atoms in total. The summed E-state index contributed by atoms with van der Waals surface area (Å²) in [6.07, 6.45) is 6.77. The molecule has 1 aliphatic heterocycles. The van der Waals surface area contributed by atoms with Crippen LogP contribution in [0.5, 0.6) is 0 Å². The molecule has 3 rings (SSSR count). The van der Waals surface area contributed by atoms with Gasteiger partial charge < -0.3 is 14.8 Å². The normalized spacial score (nSPS) is 20.0. The van der Waals surface area contributed by atoms with Crippen molar-refractivity contribution in [1.29, 1.82) is 0 Å². The topological polar surface area (TPSA) is 37.3 Å². The summed E-state index contributed by atoms with van der Waals surface area (Å²) in [5.41, 5.74) is 0.853. The summed E-state index contributed by atoms with van der Waals surface area (Å²) < 4.78 is 2.10. The number of hydrogen-bond donors (Lipinski definition) is 1. The summed E-state index contributed by atoms with van der Waals surface area (Å²) in [5, 5.41) is 3.41. The molecule has 0 unspecified atom stereocenters. The number of nitrogens with zero attached hydrogens (tertiary/aromatic N) is 2. The molecule has 1 saturated heterocycles. The van der Waals surface area contributed by atoms with E-state index in [0.29, 0.717) is 18.0 Å². The predicted octanol–water partition coefficient (Wildman–Crippen LogP) is 2.67. The zero-order chi connectivity index (χ0) is 14.8. The van der Waals surface area contributed by atoms with Gasteiger partial charge in [-0.05, 0) is 70.7 Å². The Kier molecular flexibility index (Phi) is 4.34. The fraction of sp³-hybridized carbons (Fsp3) is 0.706. The minimum atomic E-state index is 0.231. The van der Waals surface area contributed by atoms with Crippen LogP contribution in [0.25, 0.3) is 0 Å². The maximum Gasteiger partial charge on any atom is 0.270 e. The van der Waals surface area contributed by atoms with Crippen LogP contribution < -0.4 is 5.32 Å². The van der Waals surface area contributed by atoms with Gasteiger partial charge in [-0.3, -0.25) is 4.79 Å². The third-order valence-electron chi connectivity index (χ3n) is 4.72. The van der Waals surface area contributed by atoms with Gasteiger partial charge in [0, 0.05) is 24.8 Å². The molecule has 0 radical (unpaired) electrons. The molecule has 2 heterocycles. The van der Waals surface area contributed by atoms with Crippen LogP contribution in [0, 0.1) is 5.92 Å². The summed E-state index contributed by atoms with van der Waals surface area (Å²) in [7, 11) is 0. The second kappa shape index (κ2) is 6.22. The molecule has 2 aliphatic rings. The Labute approximate surface area is 127 Å². The lowest BCUT2D eigenvalue weighted by Gasteiger charge is -2.30. The largest absolute Gasteiger partial charge is 0.341 e. The Morgan fingerprint density at radius 3 is 2.67 bits per heavy atom. The Balaban J connectivity index is 1.73. The van der Waals surface area contributed by atoms with Crippen molar-refractivity contribution in [2.24, 2.45) is 5.92 Å². The molecule has 0 atom stereocenters. The highest BCUT2D eigenvalue weighted by Gasteiger charge is 2.35. The predicted molar refractivity (Wildman–Crippen MR) is 84.5 cm³/mol. The number of rotatable bonds is 5. The van der Waals surface area contributed by atoms with Crippen LogP contribution >= 0.6 is 0 Å². The lowest BCUT2D eigenvalue weighted by atomic mass is 9.97. The molecule has 0 spiro atoms. The van der Waals surface area contributed by atoms with Gasteiger partial charge in [0.2, 0.25) is 0 Å². The molecule has 0 aromatic carbocycles. The molecule has 1 saturated carbocycles. The lowest BCUT2D eigenvalue weighted by Crippen LogP contribution is -2.41. The summed E-state index contributed by atoms with van der Waals surface area (Å²) >= 11 is 0. The molecule has 1 aromatic heterocycles. The van der Waals surface area contributed by atoms with Crippen LogP contribution in [0.15, 0.2) is 18.3 Å². The molecular weight excluding hydrogens is 262 g/mol. The quantitative estimate of drug-likeness (QED) is 0.905. The van der Waals surface area contributed by atoms with Crippen LogP contribution in [-0.2, 0) is 0 Å². The minimum absolute atomic E-state index is 0.231. The van der Waals surface area contributed by atoms with E-state index in [9.17, 15) is 4.79 Å². The number of carbonyl (C=O) groups is 1. The zero-order valence-corrected chi connectivity index (χ0v) is 13.2. The fourth-order valence-corrected chi connectivity index (χ4v) is 3.30. The van der Waals surface area contributed by atoms with Gasteiger partial charge in [-0.25, -0.2) is 0 Å². The molecule has 1 aromatic rings. The SMILES string of the molecule is CC(C)n1cccc1C(=O)N(CC1CCNCC1)C1CC1. The summed E-state index contributed by atoms with van der Waals surface area (Å²) in [4.78, 5) is 15.1. The molecule has 116 valence electrons. The van der Waals surface area contributed by atoms with Crippen LogP contribution in [-0.4, -0.2) is 41.1 Å². The van der Waals surface area contributed by atoms with Crippen molar-refractivity contribution >= 4 is 5.91 Å².